The highest BCUT2D eigenvalue weighted by molar-refractivity contribution is 9.10. The van der Waals surface area contributed by atoms with Crippen molar-refractivity contribution in [2.75, 3.05) is 6.61 Å². The molecule has 3 rings (SSSR count). The Bertz CT molecular complexity index is 786. The minimum atomic E-state index is 0.127. The number of aromatic nitrogens is 3. The highest BCUT2D eigenvalue weighted by Gasteiger charge is 2.10. The SMILES string of the molecule is OCCCc1ccc(O)c(-n2nc3ccc(Br)cc3n2)c1. The maximum Gasteiger partial charge on any atom is 0.143 e. The molecule has 0 unspecified atom stereocenters. The second kappa shape index (κ2) is 5.83. The monoisotopic (exact) mass is 347 g/mol. The average Bonchev–Trinajstić information content (AvgIpc) is 2.89. The van der Waals surface area contributed by atoms with Crippen molar-refractivity contribution in [3.05, 3.63) is 46.4 Å². The third-order valence-electron chi connectivity index (χ3n) is 3.22. The Morgan fingerprint density at radius 1 is 1.05 bits per heavy atom. The third-order valence-corrected chi connectivity index (χ3v) is 3.71. The maximum absolute atomic E-state index is 10.0. The van der Waals surface area contributed by atoms with Crippen LogP contribution in [0, 0.1) is 0 Å². The van der Waals surface area contributed by atoms with Gasteiger partial charge in [0.05, 0.1) is 0 Å². The van der Waals surface area contributed by atoms with Gasteiger partial charge in [0.25, 0.3) is 0 Å². The van der Waals surface area contributed by atoms with Gasteiger partial charge in [-0.25, -0.2) is 0 Å². The minimum Gasteiger partial charge on any atom is -0.506 e. The van der Waals surface area contributed by atoms with E-state index >= 15 is 0 Å². The summed E-state index contributed by atoms with van der Waals surface area (Å²) in [7, 11) is 0. The summed E-state index contributed by atoms with van der Waals surface area (Å²) in [6.07, 6.45) is 1.43. The predicted octanol–water partition coefficient (Wildman–Crippen LogP) is 2.81. The van der Waals surface area contributed by atoms with Crippen molar-refractivity contribution in [3.63, 3.8) is 0 Å². The molecule has 0 atom stereocenters. The molecule has 0 saturated heterocycles. The number of aryl methyl sites for hydroxylation is 1. The van der Waals surface area contributed by atoms with Gasteiger partial charge in [0.15, 0.2) is 0 Å². The van der Waals surface area contributed by atoms with Gasteiger partial charge in [-0.05, 0) is 48.7 Å². The lowest BCUT2D eigenvalue weighted by Crippen LogP contribution is -2.00. The first-order chi connectivity index (χ1) is 10.2. The van der Waals surface area contributed by atoms with E-state index in [1.807, 2.05) is 30.3 Å². The largest absolute Gasteiger partial charge is 0.506 e. The molecule has 3 aromatic rings. The lowest BCUT2D eigenvalue weighted by molar-refractivity contribution is 0.288. The zero-order chi connectivity index (χ0) is 14.8. The van der Waals surface area contributed by atoms with Gasteiger partial charge in [0, 0.05) is 11.1 Å². The first kappa shape index (κ1) is 14.0. The second-order valence-corrected chi connectivity index (χ2v) is 5.69. The van der Waals surface area contributed by atoms with Gasteiger partial charge >= 0.3 is 0 Å². The third kappa shape index (κ3) is 2.91. The molecule has 0 fully saturated rings. The number of hydrogen-bond acceptors (Lipinski definition) is 4. The van der Waals surface area contributed by atoms with Crippen LogP contribution in [0.15, 0.2) is 40.9 Å². The van der Waals surface area contributed by atoms with Crippen molar-refractivity contribution in [3.8, 4) is 11.4 Å². The van der Waals surface area contributed by atoms with E-state index in [4.69, 9.17) is 5.11 Å². The molecule has 5 nitrogen and oxygen atoms in total. The fourth-order valence-corrected chi connectivity index (χ4v) is 2.51. The van der Waals surface area contributed by atoms with E-state index in [9.17, 15) is 5.11 Å². The van der Waals surface area contributed by atoms with E-state index in [1.165, 1.54) is 4.80 Å². The minimum absolute atomic E-state index is 0.127. The topological polar surface area (TPSA) is 71.2 Å². The van der Waals surface area contributed by atoms with Crippen LogP contribution in [0.1, 0.15) is 12.0 Å². The zero-order valence-corrected chi connectivity index (χ0v) is 12.8. The molecule has 6 heteroatoms. The van der Waals surface area contributed by atoms with E-state index < -0.39 is 0 Å². The summed E-state index contributed by atoms with van der Waals surface area (Å²) in [5.74, 6) is 0.127. The van der Waals surface area contributed by atoms with Gasteiger partial charge in [-0.2, -0.15) is 0 Å². The van der Waals surface area contributed by atoms with E-state index in [0.29, 0.717) is 12.1 Å². The number of nitrogens with zero attached hydrogens (tertiary/aromatic N) is 3. The summed E-state index contributed by atoms with van der Waals surface area (Å²) >= 11 is 3.40. The lowest BCUT2D eigenvalue weighted by atomic mass is 10.1. The molecule has 0 saturated carbocycles. The van der Waals surface area contributed by atoms with Gasteiger partial charge in [-0.15, -0.1) is 15.0 Å². The number of benzene rings is 2. The van der Waals surface area contributed by atoms with Crippen molar-refractivity contribution in [1.82, 2.24) is 15.0 Å². The number of rotatable bonds is 4. The molecule has 1 heterocycles. The molecular formula is C15H14BrN3O2. The quantitative estimate of drug-likeness (QED) is 0.761. The molecule has 108 valence electrons. The highest BCUT2D eigenvalue weighted by atomic mass is 79.9. The van der Waals surface area contributed by atoms with Crippen LogP contribution in [0.2, 0.25) is 0 Å². The molecule has 21 heavy (non-hydrogen) atoms. The fourth-order valence-electron chi connectivity index (χ4n) is 2.16. The van der Waals surface area contributed by atoms with Crippen molar-refractivity contribution in [1.29, 1.82) is 0 Å². The van der Waals surface area contributed by atoms with Gasteiger partial charge in [-0.1, -0.05) is 22.0 Å². The molecule has 0 radical (unpaired) electrons. The van der Waals surface area contributed by atoms with Crippen molar-refractivity contribution >= 4 is 27.0 Å². The fraction of sp³-hybridized carbons (Fsp3) is 0.200. The Morgan fingerprint density at radius 3 is 2.67 bits per heavy atom. The normalized spacial score (nSPS) is 11.1. The molecule has 0 bridgehead atoms. The highest BCUT2D eigenvalue weighted by Crippen LogP contribution is 2.24. The molecule has 2 aromatic carbocycles. The second-order valence-electron chi connectivity index (χ2n) is 4.77. The van der Waals surface area contributed by atoms with E-state index in [1.54, 1.807) is 6.07 Å². The van der Waals surface area contributed by atoms with Crippen molar-refractivity contribution in [2.24, 2.45) is 0 Å². The van der Waals surface area contributed by atoms with Gasteiger partial charge in [0.2, 0.25) is 0 Å². The Labute approximate surface area is 130 Å². The average molecular weight is 348 g/mol. The van der Waals surface area contributed by atoms with Crippen LogP contribution in [-0.2, 0) is 6.42 Å². The first-order valence-corrected chi connectivity index (χ1v) is 7.42. The molecule has 2 N–H and O–H groups in total. The molecule has 0 aliphatic heterocycles. The van der Waals surface area contributed by atoms with Crippen LogP contribution in [0.3, 0.4) is 0 Å². The van der Waals surface area contributed by atoms with Crippen LogP contribution in [0.25, 0.3) is 16.7 Å². The van der Waals surface area contributed by atoms with E-state index in [0.717, 1.165) is 27.5 Å². The summed E-state index contributed by atoms with van der Waals surface area (Å²) < 4.78 is 0.933. The Balaban J connectivity index is 2.04. The Hall–Kier alpha value is -1.92. The maximum atomic E-state index is 10.0. The smallest absolute Gasteiger partial charge is 0.143 e. The lowest BCUT2D eigenvalue weighted by Gasteiger charge is -2.06. The van der Waals surface area contributed by atoms with Crippen LogP contribution < -0.4 is 0 Å². The number of phenolic OH excluding ortho intramolecular Hbond substituents is 1. The van der Waals surface area contributed by atoms with E-state index in [-0.39, 0.29) is 12.4 Å². The summed E-state index contributed by atoms with van der Waals surface area (Å²) in [4.78, 5) is 1.44. The Kier molecular flexibility index (Phi) is 3.90. The number of aromatic hydroxyl groups is 1. The molecular weight excluding hydrogens is 334 g/mol. The van der Waals surface area contributed by atoms with Gasteiger partial charge < -0.3 is 10.2 Å². The number of fused-ring (bicyclic) bond motifs is 1. The summed E-state index contributed by atoms with van der Waals surface area (Å²) in [5.41, 5.74) is 3.08. The zero-order valence-electron chi connectivity index (χ0n) is 11.2. The van der Waals surface area contributed by atoms with Crippen molar-refractivity contribution in [2.45, 2.75) is 12.8 Å². The Morgan fingerprint density at radius 2 is 1.86 bits per heavy atom. The first-order valence-electron chi connectivity index (χ1n) is 6.63. The standard InChI is InChI=1S/C15H14BrN3O2/c16-11-4-5-12-13(9-11)18-19(17-12)14-8-10(2-1-7-20)3-6-15(14)21/h3-6,8-9,20-21H,1-2,7H2. The van der Waals surface area contributed by atoms with Crippen LogP contribution in [0.4, 0.5) is 0 Å². The molecule has 1 aromatic heterocycles. The molecule has 0 aliphatic rings. The summed E-state index contributed by atoms with van der Waals surface area (Å²) in [6, 6.07) is 11.0. The molecule has 0 aliphatic carbocycles. The van der Waals surface area contributed by atoms with Crippen molar-refractivity contribution < 1.29 is 10.2 Å². The number of aliphatic hydroxyl groups is 1. The van der Waals surface area contributed by atoms with Crippen LogP contribution in [-0.4, -0.2) is 31.8 Å². The number of halogens is 1. The van der Waals surface area contributed by atoms with Crippen LogP contribution in [0.5, 0.6) is 5.75 Å². The van der Waals surface area contributed by atoms with Gasteiger partial charge in [-0.3, -0.25) is 0 Å². The predicted molar refractivity (Wildman–Crippen MR) is 83.6 cm³/mol. The van der Waals surface area contributed by atoms with Crippen LogP contribution >= 0.6 is 15.9 Å². The van der Waals surface area contributed by atoms with Gasteiger partial charge in [0.1, 0.15) is 22.5 Å². The summed E-state index contributed by atoms with van der Waals surface area (Å²) in [6.45, 7) is 0.147. The number of phenols is 1. The molecule has 0 amide bonds. The molecule has 0 spiro atoms. The number of hydrogen-bond donors (Lipinski definition) is 2. The number of aliphatic hydroxyl groups excluding tert-OH is 1. The summed E-state index contributed by atoms with van der Waals surface area (Å²) in [5, 5.41) is 27.7. The van der Waals surface area contributed by atoms with E-state index in [2.05, 4.69) is 26.1 Å².